The predicted molar refractivity (Wildman–Crippen MR) is 70.3 cm³/mol. The van der Waals surface area contributed by atoms with E-state index in [0.717, 1.165) is 6.07 Å². The van der Waals surface area contributed by atoms with Gasteiger partial charge in [0, 0.05) is 12.1 Å². The van der Waals surface area contributed by atoms with E-state index in [9.17, 15) is 12.8 Å². The minimum atomic E-state index is -3.75. The second-order valence-corrected chi connectivity index (χ2v) is 6.28. The van der Waals surface area contributed by atoms with E-state index in [-0.39, 0.29) is 21.5 Å². The fourth-order valence-corrected chi connectivity index (χ4v) is 3.14. The molecule has 8 heteroatoms. The highest BCUT2D eigenvalue weighted by atomic mass is 35.5. The highest BCUT2D eigenvalue weighted by Gasteiger charge is 2.19. The highest BCUT2D eigenvalue weighted by Crippen LogP contribution is 2.29. The van der Waals surface area contributed by atoms with Gasteiger partial charge in [-0.3, -0.25) is 4.72 Å². The number of halogens is 3. The number of ether oxygens (including phenoxy) is 1. The van der Waals surface area contributed by atoms with E-state index in [2.05, 4.69) is 4.72 Å². The predicted octanol–water partition coefficient (Wildman–Crippen LogP) is 2.91. The lowest BCUT2D eigenvalue weighted by Crippen LogP contribution is -2.26. The van der Waals surface area contributed by atoms with E-state index in [4.69, 9.17) is 27.9 Å². The molecular formula is C10H12Cl2FNO3S. The number of nitrogens with one attached hydrogen (secondary N) is 1. The SMILES string of the molecule is COC(C)CS(=O)(=O)Nc1c(F)cc(Cl)cc1Cl. The maximum atomic E-state index is 13.5. The molecule has 1 N–H and O–H groups in total. The third-order valence-corrected chi connectivity index (χ3v) is 4.06. The molecule has 1 rings (SSSR count). The van der Waals surface area contributed by atoms with Crippen molar-refractivity contribution in [1.29, 1.82) is 0 Å². The second kappa shape index (κ2) is 6.06. The summed E-state index contributed by atoms with van der Waals surface area (Å²) in [7, 11) is -2.36. The van der Waals surface area contributed by atoms with Gasteiger partial charge in [0.05, 0.1) is 16.9 Å². The Bertz CT molecular complexity index is 513. The van der Waals surface area contributed by atoms with Gasteiger partial charge in [0.25, 0.3) is 0 Å². The first kappa shape index (κ1) is 15.5. The normalized spacial score (nSPS) is 13.4. The van der Waals surface area contributed by atoms with Gasteiger partial charge in [-0.15, -0.1) is 0 Å². The lowest BCUT2D eigenvalue weighted by Gasteiger charge is -2.13. The van der Waals surface area contributed by atoms with Gasteiger partial charge in [-0.2, -0.15) is 0 Å². The number of rotatable bonds is 5. The van der Waals surface area contributed by atoms with Crippen LogP contribution in [0, 0.1) is 5.82 Å². The zero-order valence-electron chi connectivity index (χ0n) is 9.71. The molecule has 0 bridgehead atoms. The summed E-state index contributed by atoms with van der Waals surface area (Å²) in [6.45, 7) is 1.58. The van der Waals surface area contributed by atoms with Gasteiger partial charge in [-0.1, -0.05) is 23.2 Å². The summed E-state index contributed by atoms with van der Waals surface area (Å²) in [5, 5.41) is -0.0145. The van der Waals surface area contributed by atoms with Gasteiger partial charge >= 0.3 is 0 Å². The molecule has 0 saturated heterocycles. The zero-order chi connectivity index (χ0) is 13.9. The molecule has 1 aromatic rings. The maximum Gasteiger partial charge on any atom is 0.235 e. The van der Waals surface area contributed by atoms with Crippen LogP contribution in [0.25, 0.3) is 0 Å². The second-order valence-electron chi connectivity index (χ2n) is 3.67. The largest absolute Gasteiger partial charge is 0.381 e. The molecule has 102 valence electrons. The van der Waals surface area contributed by atoms with E-state index >= 15 is 0 Å². The molecule has 0 amide bonds. The van der Waals surface area contributed by atoms with Crippen LogP contribution in [-0.2, 0) is 14.8 Å². The molecule has 0 aliphatic carbocycles. The topological polar surface area (TPSA) is 55.4 Å². The van der Waals surface area contributed by atoms with Crippen molar-refractivity contribution in [3.05, 3.63) is 28.0 Å². The number of hydrogen-bond acceptors (Lipinski definition) is 3. The number of hydrogen-bond donors (Lipinski definition) is 1. The standard InChI is InChI=1S/C10H12Cl2FNO3S/c1-6(17-2)5-18(15,16)14-10-8(12)3-7(11)4-9(10)13/h3-4,6,14H,5H2,1-2H3. The molecule has 0 aliphatic rings. The fraction of sp³-hybridized carbons (Fsp3) is 0.400. The summed E-state index contributed by atoms with van der Waals surface area (Å²) in [6, 6.07) is 2.23. The van der Waals surface area contributed by atoms with Gasteiger partial charge in [0.2, 0.25) is 10.0 Å². The molecule has 0 aromatic heterocycles. The Morgan fingerprint density at radius 3 is 2.56 bits per heavy atom. The molecule has 0 fully saturated rings. The number of anilines is 1. The van der Waals surface area contributed by atoms with Gasteiger partial charge < -0.3 is 4.74 Å². The van der Waals surface area contributed by atoms with Crippen molar-refractivity contribution in [2.45, 2.75) is 13.0 Å². The van der Waals surface area contributed by atoms with Crippen molar-refractivity contribution >= 4 is 38.9 Å². The third-order valence-electron chi connectivity index (χ3n) is 2.12. The van der Waals surface area contributed by atoms with E-state index in [1.165, 1.54) is 13.2 Å². The Morgan fingerprint density at radius 2 is 2.06 bits per heavy atom. The lowest BCUT2D eigenvalue weighted by atomic mass is 10.3. The van der Waals surface area contributed by atoms with Gasteiger partial charge in [0.1, 0.15) is 11.5 Å². The fourth-order valence-electron chi connectivity index (χ4n) is 1.21. The first-order valence-corrected chi connectivity index (χ1v) is 7.34. The quantitative estimate of drug-likeness (QED) is 0.909. The van der Waals surface area contributed by atoms with Crippen LogP contribution >= 0.6 is 23.2 Å². The van der Waals surface area contributed by atoms with Crippen molar-refractivity contribution < 1.29 is 17.5 Å². The lowest BCUT2D eigenvalue weighted by molar-refractivity contribution is 0.136. The molecule has 0 aliphatic heterocycles. The molecular weight excluding hydrogens is 304 g/mol. The van der Waals surface area contributed by atoms with Crippen molar-refractivity contribution in [1.82, 2.24) is 0 Å². The molecule has 4 nitrogen and oxygen atoms in total. The molecule has 18 heavy (non-hydrogen) atoms. The minimum Gasteiger partial charge on any atom is -0.381 e. The Morgan fingerprint density at radius 1 is 1.44 bits per heavy atom. The van der Waals surface area contributed by atoms with Crippen molar-refractivity contribution in [2.75, 3.05) is 17.6 Å². The number of sulfonamides is 1. The van der Waals surface area contributed by atoms with E-state index in [0.29, 0.717) is 0 Å². The zero-order valence-corrected chi connectivity index (χ0v) is 12.0. The van der Waals surface area contributed by atoms with Crippen LogP contribution in [-0.4, -0.2) is 27.4 Å². The summed E-state index contributed by atoms with van der Waals surface area (Å²) in [5.74, 6) is -1.14. The summed E-state index contributed by atoms with van der Waals surface area (Å²) in [5.41, 5.74) is -0.315. The molecule has 0 radical (unpaired) electrons. The number of benzene rings is 1. The molecule has 0 saturated carbocycles. The van der Waals surface area contributed by atoms with Gasteiger partial charge in [0.15, 0.2) is 0 Å². The van der Waals surface area contributed by atoms with Crippen LogP contribution in [0.15, 0.2) is 12.1 Å². The Labute approximate surface area is 115 Å². The molecule has 1 aromatic carbocycles. The summed E-state index contributed by atoms with van der Waals surface area (Å²) in [6.07, 6.45) is -0.517. The Hall–Kier alpha value is -0.560. The summed E-state index contributed by atoms with van der Waals surface area (Å²) in [4.78, 5) is 0. The van der Waals surface area contributed by atoms with Crippen molar-refractivity contribution in [2.24, 2.45) is 0 Å². The summed E-state index contributed by atoms with van der Waals surface area (Å²) < 4.78 is 43.9. The van der Waals surface area contributed by atoms with E-state index in [1.54, 1.807) is 6.92 Å². The first-order chi connectivity index (χ1) is 8.25. The van der Waals surface area contributed by atoms with E-state index in [1.807, 2.05) is 0 Å². The highest BCUT2D eigenvalue weighted by molar-refractivity contribution is 7.92. The van der Waals surface area contributed by atoms with Crippen LogP contribution in [0.3, 0.4) is 0 Å². The van der Waals surface area contributed by atoms with Crippen LogP contribution < -0.4 is 4.72 Å². The summed E-state index contributed by atoms with van der Waals surface area (Å²) >= 11 is 11.3. The van der Waals surface area contributed by atoms with Gasteiger partial charge in [-0.05, 0) is 19.1 Å². The monoisotopic (exact) mass is 315 g/mol. The minimum absolute atomic E-state index is 0.0886. The van der Waals surface area contributed by atoms with Crippen LogP contribution in [0.4, 0.5) is 10.1 Å². The Kier molecular flexibility index (Phi) is 5.21. The molecule has 0 spiro atoms. The first-order valence-electron chi connectivity index (χ1n) is 4.93. The average molecular weight is 316 g/mol. The number of methoxy groups -OCH3 is 1. The smallest absolute Gasteiger partial charge is 0.235 e. The average Bonchev–Trinajstić information content (AvgIpc) is 2.22. The van der Waals surface area contributed by atoms with Crippen LogP contribution in [0.1, 0.15) is 6.92 Å². The molecule has 0 heterocycles. The van der Waals surface area contributed by atoms with E-state index < -0.39 is 21.9 Å². The van der Waals surface area contributed by atoms with Crippen molar-refractivity contribution in [3.63, 3.8) is 0 Å². The maximum absolute atomic E-state index is 13.5. The third kappa shape index (κ3) is 4.28. The molecule has 1 unspecified atom stereocenters. The molecule has 1 atom stereocenters. The van der Waals surface area contributed by atoms with Crippen LogP contribution in [0.2, 0.25) is 10.0 Å². The van der Waals surface area contributed by atoms with Gasteiger partial charge in [-0.25, -0.2) is 12.8 Å². The van der Waals surface area contributed by atoms with Crippen LogP contribution in [0.5, 0.6) is 0 Å². The Balaban J connectivity index is 2.98. The van der Waals surface area contributed by atoms with Crippen molar-refractivity contribution in [3.8, 4) is 0 Å².